The average molecular weight is 395 g/mol. The normalized spacial score (nSPS) is 10.3. The topological polar surface area (TPSA) is 28.7 Å². The number of halogens is 4. The van der Waals surface area contributed by atoms with Crippen molar-refractivity contribution in [3.8, 4) is 17.5 Å². The molecule has 0 N–H and O–H groups in total. The molecule has 2 aromatic rings. The molecule has 0 aliphatic carbocycles. The van der Waals surface area contributed by atoms with Crippen molar-refractivity contribution >= 4 is 55.1 Å². The van der Waals surface area contributed by atoms with E-state index in [1.54, 1.807) is 18.3 Å². The van der Waals surface area contributed by atoms with Gasteiger partial charge in [0.15, 0.2) is 6.19 Å². The van der Waals surface area contributed by atoms with E-state index in [1.165, 1.54) is 4.57 Å². The third kappa shape index (κ3) is 2.38. The third-order valence-electron chi connectivity index (χ3n) is 2.20. The van der Waals surface area contributed by atoms with Crippen molar-refractivity contribution < 1.29 is 0 Å². The second kappa shape index (κ2) is 5.03. The second-order valence-corrected chi connectivity index (χ2v) is 5.70. The van der Waals surface area contributed by atoms with Crippen molar-refractivity contribution in [2.24, 2.45) is 0 Å². The van der Waals surface area contributed by atoms with E-state index in [4.69, 9.17) is 28.5 Å². The molecule has 0 spiro atoms. The molecule has 86 valence electrons. The molecule has 0 aliphatic rings. The Balaban J connectivity index is 2.68. The average Bonchev–Trinajstić information content (AvgIpc) is 2.59. The monoisotopic (exact) mass is 392 g/mol. The van der Waals surface area contributed by atoms with E-state index < -0.39 is 0 Å². The maximum absolute atomic E-state index is 9.05. The Hall–Kier alpha value is -0.470. The summed E-state index contributed by atoms with van der Waals surface area (Å²) in [5, 5.41) is 10.00. The first-order valence-electron chi connectivity index (χ1n) is 4.46. The Morgan fingerprint density at radius 2 is 1.88 bits per heavy atom. The Bertz CT molecular complexity index is 629. The van der Waals surface area contributed by atoms with Crippen LogP contribution in [0.25, 0.3) is 11.3 Å². The molecular formula is C11H4Br2Cl2N2. The van der Waals surface area contributed by atoms with E-state index >= 15 is 0 Å². The van der Waals surface area contributed by atoms with Gasteiger partial charge in [0.1, 0.15) is 0 Å². The Labute approximate surface area is 125 Å². The highest BCUT2D eigenvalue weighted by atomic mass is 79.9. The van der Waals surface area contributed by atoms with Crippen LogP contribution in [-0.4, -0.2) is 4.57 Å². The van der Waals surface area contributed by atoms with Gasteiger partial charge in [0.2, 0.25) is 0 Å². The number of rotatable bonds is 1. The SMILES string of the molecule is N#Cn1cc(Br)c(Br)c1-c1ccc(Cl)c(Cl)c1. The number of benzene rings is 1. The Kier molecular flexibility index (Phi) is 3.84. The third-order valence-corrected chi connectivity index (χ3v) is 4.88. The predicted octanol–water partition coefficient (Wildman–Crippen LogP) is 5.32. The van der Waals surface area contributed by atoms with Gasteiger partial charge in [0.05, 0.1) is 24.7 Å². The first-order chi connectivity index (χ1) is 8.04. The lowest BCUT2D eigenvalue weighted by molar-refractivity contribution is 1.10. The summed E-state index contributed by atoms with van der Waals surface area (Å²) in [5.74, 6) is 0. The number of hydrogen-bond donors (Lipinski definition) is 0. The lowest BCUT2D eigenvalue weighted by atomic mass is 10.1. The zero-order chi connectivity index (χ0) is 12.6. The van der Waals surface area contributed by atoms with Gasteiger partial charge < -0.3 is 0 Å². The standard InChI is InChI=1S/C11H4Br2Cl2N2/c12-7-4-17(5-16)11(10(7)13)6-1-2-8(14)9(15)3-6/h1-4H. The molecule has 2 nitrogen and oxygen atoms in total. The number of nitrogens with zero attached hydrogens (tertiary/aromatic N) is 2. The van der Waals surface area contributed by atoms with Crippen molar-refractivity contribution in [3.05, 3.63) is 43.4 Å². The molecule has 0 saturated heterocycles. The van der Waals surface area contributed by atoms with Gasteiger partial charge in [-0.25, -0.2) is 0 Å². The van der Waals surface area contributed by atoms with E-state index in [-0.39, 0.29) is 0 Å². The van der Waals surface area contributed by atoms with Gasteiger partial charge in [-0.3, -0.25) is 4.57 Å². The van der Waals surface area contributed by atoms with E-state index in [0.29, 0.717) is 10.0 Å². The van der Waals surface area contributed by atoms with Crippen molar-refractivity contribution in [2.45, 2.75) is 0 Å². The lowest BCUT2D eigenvalue weighted by Crippen LogP contribution is -1.90. The molecule has 0 aliphatic heterocycles. The fourth-order valence-corrected chi connectivity index (χ4v) is 2.65. The quantitative estimate of drug-likeness (QED) is 0.643. The van der Waals surface area contributed by atoms with Gasteiger partial charge in [-0.1, -0.05) is 29.3 Å². The molecule has 6 heteroatoms. The summed E-state index contributed by atoms with van der Waals surface area (Å²) in [6, 6.07) is 5.24. The molecule has 1 heterocycles. The molecule has 1 aromatic heterocycles. The van der Waals surface area contributed by atoms with Crippen LogP contribution in [0.3, 0.4) is 0 Å². The minimum absolute atomic E-state index is 0.456. The number of hydrogen-bond acceptors (Lipinski definition) is 1. The smallest absolute Gasteiger partial charge is 0.188 e. The number of nitriles is 1. The van der Waals surface area contributed by atoms with E-state index in [0.717, 1.165) is 20.2 Å². The van der Waals surface area contributed by atoms with Gasteiger partial charge in [-0.05, 0) is 44.0 Å². The fraction of sp³-hybridized carbons (Fsp3) is 0. The Morgan fingerprint density at radius 3 is 2.47 bits per heavy atom. The molecule has 17 heavy (non-hydrogen) atoms. The maximum Gasteiger partial charge on any atom is 0.188 e. The number of aromatic nitrogens is 1. The van der Waals surface area contributed by atoms with Gasteiger partial charge in [0, 0.05) is 11.8 Å². The van der Waals surface area contributed by atoms with Crippen LogP contribution in [0.15, 0.2) is 33.3 Å². The Morgan fingerprint density at radius 1 is 1.18 bits per heavy atom. The van der Waals surface area contributed by atoms with Crippen LogP contribution >= 0.6 is 55.1 Å². The maximum atomic E-state index is 9.05. The molecule has 2 rings (SSSR count). The van der Waals surface area contributed by atoms with Crippen LogP contribution < -0.4 is 0 Å². The molecule has 0 saturated carbocycles. The molecule has 0 radical (unpaired) electrons. The molecule has 0 bridgehead atoms. The molecule has 0 amide bonds. The zero-order valence-electron chi connectivity index (χ0n) is 8.22. The van der Waals surface area contributed by atoms with Crippen LogP contribution in [0.5, 0.6) is 0 Å². The van der Waals surface area contributed by atoms with Crippen LogP contribution in [0, 0.1) is 11.5 Å². The summed E-state index contributed by atoms with van der Waals surface area (Å²) >= 11 is 18.6. The summed E-state index contributed by atoms with van der Waals surface area (Å²) in [5.41, 5.74) is 1.55. The van der Waals surface area contributed by atoms with E-state index in [1.807, 2.05) is 6.07 Å². The predicted molar refractivity (Wildman–Crippen MR) is 76.3 cm³/mol. The summed E-state index contributed by atoms with van der Waals surface area (Å²) in [6.45, 7) is 0. The van der Waals surface area contributed by atoms with E-state index in [9.17, 15) is 0 Å². The summed E-state index contributed by atoms with van der Waals surface area (Å²) in [4.78, 5) is 0. The van der Waals surface area contributed by atoms with E-state index in [2.05, 4.69) is 38.1 Å². The van der Waals surface area contributed by atoms with Crippen molar-refractivity contribution in [3.63, 3.8) is 0 Å². The van der Waals surface area contributed by atoms with Crippen LogP contribution in [0.1, 0.15) is 0 Å². The van der Waals surface area contributed by atoms with Gasteiger partial charge >= 0.3 is 0 Å². The zero-order valence-corrected chi connectivity index (χ0v) is 12.9. The van der Waals surface area contributed by atoms with Gasteiger partial charge in [-0.15, -0.1) is 0 Å². The second-order valence-electron chi connectivity index (χ2n) is 3.24. The molecule has 0 atom stereocenters. The van der Waals surface area contributed by atoms with Crippen LogP contribution in [0.4, 0.5) is 0 Å². The van der Waals surface area contributed by atoms with Gasteiger partial charge in [-0.2, -0.15) is 5.26 Å². The minimum Gasteiger partial charge on any atom is -0.252 e. The van der Waals surface area contributed by atoms with Gasteiger partial charge in [0.25, 0.3) is 0 Å². The summed E-state index contributed by atoms with van der Waals surface area (Å²) in [6.07, 6.45) is 3.75. The summed E-state index contributed by atoms with van der Waals surface area (Å²) in [7, 11) is 0. The highest BCUT2D eigenvalue weighted by Gasteiger charge is 2.14. The molecular weight excluding hydrogens is 391 g/mol. The fourth-order valence-electron chi connectivity index (χ4n) is 1.44. The highest BCUT2D eigenvalue weighted by molar-refractivity contribution is 9.13. The van der Waals surface area contributed by atoms with Crippen molar-refractivity contribution in [1.29, 1.82) is 5.26 Å². The first-order valence-corrected chi connectivity index (χ1v) is 6.80. The van der Waals surface area contributed by atoms with Crippen molar-refractivity contribution in [2.75, 3.05) is 0 Å². The van der Waals surface area contributed by atoms with Crippen LogP contribution in [-0.2, 0) is 0 Å². The van der Waals surface area contributed by atoms with Crippen molar-refractivity contribution in [1.82, 2.24) is 4.57 Å². The molecule has 1 aromatic carbocycles. The molecule has 0 fully saturated rings. The highest BCUT2D eigenvalue weighted by Crippen LogP contribution is 2.37. The lowest BCUT2D eigenvalue weighted by Gasteiger charge is -2.04. The summed E-state index contributed by atoms with van der Waals surface area (Å²) < 4.78 is 3.06. The minimum atomic E-state index is 0.456. The molecule has 0 unspecified atom stereocenters. The largest absolute Gasteiger partial charge is 0.252 e. The van der Waals surface area contributed by atoms with Crippen LogP contribution in [0.2, 0.25) is 10.0 Å². The first kappa shape index (κ1) is 13.0.